The fourth-order valence-corrected chi connectivity index (χ4v) is 10.5. The molecule has 0 aliphatic rings. The third-order valence-corrected chi connectivity index (χ3v) is 14.8. The van der Waals surface area contributed by atoms with Crippen LogP contribution in [-0.4, -0.2) is 28.7 Å². The maximum absolute atomic E-state index is 14.6. The van der Waals surface area contributed by atoms with E-state index in [9.17, 15) is 14.4 Å². The molecule has 9 nitrogen and oxygen atoms in total. The van der Waals surface area contributed by atoms with E-state index in [4.69, 9.17) is 15.0 Å². The predicted octanol–water partition coefficient (Wildman–Crippen LogP) is 14.3. The molecule has 0 saturated carbocycles. The summed E-state index contributed by atoms with van der Waals surface area (Å²) in [5.74, 6) is 0. The number of rotatable bonds is 0. The Morgan fingerprint density at radius 1 is 0.304 bits per heavy atom. The number of hydrogen-bond donors (Lipinski definition) is 0. The van der Waals surface area contributed by atoms with Crippen molar-refractivity contribution in [2.75, 3.05) is 0 Å². The number of benzene rings is 8. The normalized spacial score (nSPS) is 11.3. The third-order valence-electron chi connectivity index (χ3n) is 14.8. The molecule has 24 heterocycles. The average molecular weight is 1200 g/mol. The van der Waals surface area contributed by atoms with Crippen LogP contribution >= 0.6 is 0 Å². The molecule has 24 aromatic heterocycles. The van der Waals surface area contributed by atoms with Gasteiger partial charge in [-0.15, -0.1) is 89.0 Å². The summed E-state index contributed by atoms with van der Waals surface area (Å²) in [6.07, 6.45) is 5.69. The van der Waals surface area contributed by atoms with Crippen LogP contribution in [-0.2, 0) is 41.2 Å². The van der Waals surface area contributed by atoms with Crippen molar-refractivity contribution < 1.29 is 20.1 Å². The molecular formula is C69H45IrN6O3. The zero-order valence-electron chi connectivity index (χ0n) is 43.0. The second-order valence-corrected chi connectivity index (χ2v) is 19.5. The second-order valence-electron chi connectivity index (χ2n) is 19.5. The van der Waals surface area contributed by atoms with Crippen molar-refractivity contribution in [3.8, 4) is 0 Å². The fraction of sp³-hybridized carbons (Fsp3) is 0.0435. The van der Waals surface area contributed by atoms with Gasteiger partial charge in [-0.25, -0.2) is 0 Å². The summed E-state index contributed by atoms with van der Waals surface area (Å²) >= 11 is 0. The van der Waals surface area contributed by atoms with E-state index in [0.717, 1.165) is 80.8 Å². The van der Waals surface area contributed by atoms with Crippen LogP contribution in [0.5, 0.6) is 0 Å². The maximum Gasteiger partial charge on any atom is 3.00 e. The molecule has 0 aliphatic heterocycles. The van der Waals surface area contributed by atoms with Crippen LogP contribution in [0, 0.1) is 18.2 Å². The zero-order chi connectivity index (χ0) is 53.0. The van der Waals surface area contributed by atoms with E-state index in [1.165, 1.54) is 31.9 Å². The molecule has 79 heavy (non-hydrogen) atoms. The number of aryl methyl sites for hydroxylation is 3. The summed E-state index contributed by atoms with van der Waals surface area (Å²) in [5, 5.41) is 14.7. The predicted molar refractivity (Wildman–Crippen MR) is 321 cm³/mol. The van der Waals surface area contributed by atoms with E-state index < -0.39 is 16.7 Å². The molecule has 0 unspecified atom stereocenters. The Morgan fingerprint density at radius 2 is 0.557 bits per heavy atom. The molecule has 0 radical (unpaired) electrons. The van der Waals surface area contributed by atoms with Crippen molar-refractivity contribution in [1.29, 1.82) is 0 Å². The van der Waals surface area contributed by atoms with Gasteiger partial charge in [0.1, 0.15) is 0 Å². The first-order chi connectivity index (χ1) is 38.1. The van der Waals surface area contributed by atoms with Crippen LogP contribution in [0.1, 0.15) is 0 Å². The summed E-state index contributed by atoms with van der Waals surface area (Å²) in [6, 6.07) is 75.4. The van der Waals surface area contributed by atoms with E-state index in [1.807, 2.05) is 73.2 Å². The number of nitrogens with zero attached hydrogens (tertiary/aromatic N) is 6. The largest absolute Gasteiger partial charge is 3.00 e. The zero-order valence-corrected chi connectivity index (χ0v) is 45.4. The Kier molecular flexibility index (Phi) is 13.1. The van der Waals surface area contributed by atoms with E-state index >= 15 is 0 Å². The van der Waals surface area contributed by atoms with Gasteiger partial charge in [-0.05, 0) is 134 Å². The number of hydrogen-bond acceptors (Lipinski definition) is 6. The van der Waals surface area contributed by atoms with Gasteiger partial charge in [-0.2, -0.15) is 0 Å². The van der Waals surface area contributed by atoms with E-state index in [1.54, 1.807) is 39.3 Å². The molecule has 32 rings (SSSR count). The van der Waals surface area contributed by atoms with Crippen molar-refractivity contribution in [2.45, 2.75) is 0 Å². The van der Waals surface area contributed by atoms with Crippen molar-refractivity contribution in [3.63, 3.8) is 0 Å². The molecule has 0 N–H and O–H groups in total. The van der Waals surface area contributed by atoms with Gasteiger partial charge in [-0.3, -0.25) is 14.4 Å². The third kappa shape index (κ3) is 9.33. The van der Waals surface area contributed by atoms with Crippen LogP contribution in [0.3, 0.4) is 0 Å². The molecule has 10 heteroatoms. The van der Waals surface area contributed by atoms with E-state index in [0.29, 0.717) is 33.1 Å². The van der Waals surface area contributed by atoms with Crippen LogP contribution in [0.25, 0.3) is 130 Å². The summed E-state index contributed by atoms with van der Waals surface area (Å²) in [6.45, 7) is 0. The second kappa shape index (κ2) is 20.7. The number of aromatic nitrogens is 6. The monoisotopic (exact) mass is 1200 g/mol. The summed E-state index contributed by atoms with van der Waals surface area (Å²) in [4.78, 5) is 58.8. The average Bonchev–Trinajstić information content (AvgIpc) is 3.56. The van der Waals surface area contributed by atoms with Gasteiger partial charge >= 0.3 is 20.1 Å². The molecule has 0 saturated heterocycles. The maximum atomic E-state index is 14.6. The first-order valence-electron chi connectivity index (χ1n) is 25.5. The molecule has 32 aromatic rings. The van der Waals surface area contributed by atoms with Crippen LogP contribution in [0.15, 0.2) is 233 Å². The van der Waals surface area contributed by atoms with E-state index in [-0.39, 0.29) is 36.3 Å². The summed E-state index contributed by atoms with van der Waals surface area (Å²) in [7, 11) is 4.97. The molecule has 0 fully saturated rings. The van der Waals surface area contributed by atoms with Crippen molar-refractivity contribution in [3.05, 3.63) is 268 Å². The van der Waals surface area contributed by atoms with Crippen LogP contribution < -0.4 is 16.7 Å². The van der Waals surface area contributed by atoms with Crippen molar-refractivity contribution in [1.82, 2.24) is 28.7 Å². The van der Waals surface area contributed by atoms with Crippen molar-refractivity contribution >= 4 is 130 Å². The Balaban J connectivity index is 0.00000623. The fourth-order valence-electron chi connectivity index (χ4n) is 10.5. The minimum atomic E-state index is -0.428. The number of pyridine rings is 3. The molecule has 0 atom stereocenters. The van der Waals surface area contributed by atoms with Gasteiger partial charge < -0.3 is 28.7 Å². The van der Waals surface area contributed by atoms with Gasteiger partial charge in [0.2, 0.25) is 16.7 Å². The molecule has 0 amide bonds. The van der Waals surface area contributed by atoms with Crippen LogP contribution in [0.2, 0.25) is 0 Å². The standard InChI is InChI=1S/C69H45N6O3.Ir/c1-73-55-25-16-43(17-26-55)64-31-22-46(40-70-64)58-10-4-7-13-61(58)49-34-50-36-51(35-49)63-15-9-6-12-60(63)48-24-33-66(72-42-48)45-20-29-57(30-21-45)75(3)69(78)54-38-52(67(73)76)37-53(39-54)68(77)74(2)56-27-18-44(19-28-56)65-32-23-47(41-71-65)59-11-5-8-14-62(50)59;/h4-16,18,20,22-42H,1-3H3;/q-3;+3. The SMILES string of the molecule is Cn1c(=O)c2cc3cc(c2)c(=O)n(C)c2c[c-]c(cc2)c2ccc(cn2)c2ccccc2c2cc(cc(c2)c2ccccc2c2ccc(nc2)c2[c-]cc(cc2)n(C)c3=O)c2ccccc2c2ccc(nc2)c2[c-]cc1cc2.[Ir+3]. The Hall–Kier alpha value is -9.73. The molecule has 0 spiro atoms. The summed E-state index contributed by atoms with van der Waals surface area (Å²) in [5.41, 5.74) is 2.51. The molecule has 8 aromatic carbocycles. The van der Waals surface area contributed by atoms with Crippen molar-refractivity contribution in [2.24, 2.45) is 21.1 Å². The van der Waals surface area contributed by atoms with Gasteiger partial charge in [0.05, 0.1) is 0 Å². The Bertz CT molecular complexity index is 4620. The Morgan fingerprint density at radius 3 is 0.785 bits per heavy atom. The molecule has 18 bridgehead atoms. The molecule has 0 aliphatic carbocycles. The van der Waals surface area contributed by atoms with Crippen LogP contribution in [0.4, 0.5) is 0 Å². The molecule has 378 valence electrons. The first kappa shape index (κ1) is 50.1. The topological polar surface area (TPSA) is 105 Å². The quantitative estimate of drug-likeness (QED) is 0.140. The van der Waals surface area contributed by atoms with Gasteiger partial charge in [-0.1, -0.05) is 109 Å². The minimum Gasteiger partial charge on any atom is -0.351 e. The van der Waals surface area contributed by atoms with Gasteiger partial charge in [0, 0.05) is 55.9 Å². The first-order valence-corrected chi connectivity index (χ1v) is 25.5. The summed E-state index contributed by atoms with van der Waals surface area (Å²) < 4.78 is 4.45. The van der Waals surface area contributed by atoms with Gasteiger partial charge in [0.25, 0.3) is 0 Å². The smallest absolute Gasteiger partial charge is 0.351 e. The Labute approximate surface area is 465 Å². The van der Waals surface area contributed by atoms with Gasteiger partial charge in [0.15, 0.2) is 0 Å². The van der Waals surface area contributed by atoms with E-state index in [2.05, 4.69) is 127 Å². The molecular weight excluding hydrogens is 1150 g/mol. The minimum absolute atomic E-state index is 0.